The van der Waals surface area contributed by atoms with E-state index in [1.807, 2.05) is 19.9 Å². The maximum absolute atomic E-state index is 12.4. The molecule has 1 unspecified atom stereocenters. The van der Waals surface area contributed by atoms with E-state index in [-0.39, 0.29) is 24.5 Å². The second-order valence-electron chi connectivity index (χ2n) is 6.08. The Morgan fingerprint density at radius 2 is 1.95 bits per heavy atom. The Hall–Kier alpha value is -2.06. The van der Waals surface area contributed by atoms with Crippen molar-refractivity contribution in [2.75, 3.05) is 6.61 Å². The molecule has 5 heteroatoms. The van der Waals surface area contributed by atoms with Crippen molar-refractivity contribution in [2.24, 2.45) is 5.92 Å². The quantitative estimate of drug-likeness (QED) is 0.809. The molecule has 0 spiro atoms. The van der Waals surface area contributed by atoms with Crippen LogP contribution in [-0.2, 0) is 4.79 Å². The number of amides is 1. The number of hydrogen-bond acceptors (Lipinski definition) is 4. The zero-order chi connectivity index (χ0) is 16.8. The Morgan fingerprint density at radius 1 is 1.36 bits per heavy atom. The summed E-state index contributed by atoms with van der Waals surface area (Å²) in [5.41, 5.74) is -0.506. The predicted molar refractivity (Wildman–Crippen MR) is 84.3 cm³/mol. The Bertz CT molecular complexity index is 530. The molecular formula is C17H24N2O3. The van der Waals surface area contributed by atoms with Gasteiger partial charge in [-0.2, -0.15) is 5.26 Å². The van der Waals surface area contributed by atoms with Gasteiger partial charge in [-0.05, 0) is 50.5 Å². The molecule has 0 radical (unpaired) electrons. The molecule has 2 N–H and O–H groups in total. The van der Waals surface area contributed by atoms with Crippen molar-refractivity contribution in [1.82, 2.24) is 5.32 Å². The number of carbonyl (C=O) groups excluding carboxylic acids is 1. The van der Waals surface area contributed by atoms with Crippen LogP contribution in [0.25, 0.3) is 0 Å². The number of nitriles is 1. The van der Waals surface area contributed by atoms with Crippen molar-refractivity contribution in [3.8, 4) is 11.8 Å². The summed E-state index contributed by atoms with van der Waals surface area (Å²) in [6.45, 7) is 7.40. The van der Waals surface area contributed by atoms with E-state index in [2.05, 4.69) is 5.32 Å². The molecule has 0 aliphatic rings. The number of ether oxygens (including phenoxy) is 1. The van der Waals surface area contributed by atoms with Gasteiger partial charge in [-0.1, -0.05) is 13.8 Å². The number of nitrogens with one attached hydrogen (secondary N) is 1. The van der Waals surface area contributed by atoms with E-state index < -0.39 is 5.60 Å². The summed E-state index contributed by atoms with van der Waals surface area (Å²) in [5, 5.41) is 20.8. The standard InChI is InChI=1S/C17H24N2O3/c1-12(2)15(9-10-20)19-16(21)17(3,4)22-14-7-5-13(11-18)6-8-14/h5-8,12,15,20H,9-10H2,1-4H3,(H,19,21). The maximum atomic E-state index is 12.4. The van der Waals surface area contributed by atoms with Crippen LogP contribution in [0.2, 0.25) is 0 Å². The Labute approximate surface area is 131 Å². The van der Waals surface area contributed by atoms with E-state index in [1.165, 1.54) is 0 Å². The molecule has 1 amide bonds. The van der Waals surface area contributed by atoms with Crippen LogP contribution in [0.1, 0.15) is 39.7 Å². The number of hydrogen-bond donors (Lipinski definition) is 2. The molecule has 0 fully saturated rings. The summed E-state index contributed by atoms with van der Waals surface area (Å²) in [5.74, 6) is 0.522. The highest BCUT2D eigenvalue weighted by Crippen LogP contribution is 2.20. The maximum Gasteiger partial charge on any atom is 0.263 e. The largest absolute Gasteiger partial charge is 0.478 e. The van der Waals surface area contributed by atoms with Crippen LogP contribution < -0.4 is 10.1 Å². The zero-order valence-corrected chi connectivity index (χ0v) is 13.6. The lowest BCUT2D eigenvalue weighted by molar-refractivity contribution is -0.135. The first-order valence-corrected chi connectivity index (χ1v) is 7.41. The summed E-state index contributed by atoms with van der Waals surface area (Å²) in [4.78, 5) is 12.4. The topological polar surface area (TPSA) is 82.3 Å². The number of benzene rings is 1. The Balaban J connectivity index is 2.74. The van der Waals surface area contributed by atoms with Gasteiger partial charge in [0.15, 0.2) is 5.60 Å². The first kappa shape index (κ1) is 18.0. The highest BCUT2D eigenvalue weighted by atomic mass is 16.5. The van der Waals surface area contributed by atoms with Gasteiger partial charge in [0.25, 0.3) is 5.91 Å². The van der Waals surface area contributed by atoms with Crippen molar-refractivity contribution in [2.45, 2.75) is 45.8 Å². The van der Waals surface area contributed by atoms with Crippen LogP contribution in [0.5, 0.6) is 5.75 Å². The van der Waals surface area contributed by atoms with Crippen molar-refractivity contribution in [3.63, 3.8) is 0 Å². The zero-order valence-electron chi connectivity index (χ0n) is 13.6. The van der Waals surface area contributed by atoms with Gasteiger partial charge >= 0.3 is 0 Å². The van der Waals surface area contributed by atoms with Gasteiger partial charge in [0.2, 0.25) is 0 Å². The molecule has 0 aromatic heterocycles. The van der Waals surface area contributed by atoms with Crippen LogP contribution in [-0.4, -0.2) is 29.3 Å². The molecule has 1 aromatic carbocycles. The fourth-order valence-electron chi connectivity index (χ4n) is 1.99. The molecule has 120 valence electrons. The van der Waals surface area contributed by atoms with Gasteiger partial charge < -0.3 is 15.2 Å². The molecule has 0 bridgehead atoms. The van der Waals surface area contributed by atoms with E-state index in [0.717, 1.165) is 0 Å². The third-order valence-corrected chi connectivity index (χ3v) is 3.46. The molecule has 1 rings (SSSR count). The molecule has 0 saturated heterocycles. The summed E-state index contributed by atoms with van der Waals surface area (Å²) < 4.78 is 5.74. The molecule has 1 atom stereocenters. The number of carbonyl (C=O) groups is 1. The monoisotopic (exact) mass is 304 g/mol. The van der Waals surface area contributed by atoms with Crippen molar-refractivity contribution in [1.29, 1.82) is 5.26 Å². The SMILES string of the molecule is CC(C)C(CCO)NC(=O)C(C)(C)Oc1ccc(C#N)cc1. The summed E-state index contributed by atoms with van der Waals surface area (Å²) in [6, 6.07) is 8.56. The van der Waals surface area contributed by atoms with Gasteiger partial charge in [-0.15, -0.1) is 0 Å². The minimum atomic E-state index is -1.04. The molecule has 22 heavy (non-hydrogen) atoms. The lowest BCUT2D eigenvalue weighted by atomic mass is 9.99. The average molecular weight is 304 g/mol. The van der Waals surface area contributed by atoms with Crippen molar-refractivity contribution in [3.05, 3.63) is 29.8 Å². The van der Waals surface area contributed by atoms with E-state index >= 15 is 0 Å². The third-order valence-electron chi connectivity index (χ3n) is 3.46. The third kappa shape index (κ3) is 5.05. The molecule has 0 saturated carbocycles. The molecule has 5 nitrogen and oxygen atoms in total. The smallest absolute Gasteiger partial charge is 0.263 e. The predicted octanol–water partition coefficient (Wildman–Crippen LogP) is 2.24. The normalized spacial score (nSPS) is 12.6. The molecule has 0 aliphatic carbocycles. The highest BCUT2D eigenvalue weighted by molar-refractivity contribution is 5.85. The van der Waals surface area contributed by atoms with Gasteiger partial charge in [0.1, 0.15) is 5.75 Å². The van der Waals surface area contributed by atoms with Crippen LogP contribution in [0.15, 0.2) is 24.3 Å². The fourth-order valence-corrected chi connectivity index (χ4v) is 1.99. The number of aliphatic hydroxyl groups excluding tert-OH is 1. The number of aliphatic hydroxyl groups is 1. The number of nitrogens with zero attached hydrogens (tertiary/aromatic N) is 1. The van der Waals surface area contributed by atoms with Crippen LogP contribution in [0, 0.1) is 17.2 Å². The summed E-state index contributed by atoms with van der Waals surface area (Å²) in [7, 11) is 0. The van der Waals surface area contributed by atoms with Crippen molar-refractivity contribution >= 4 is 5.91 Å². The van der Waals surface area contributed by atoms with E-state index in [9.17, 15) is 4.79 Å². The van der Waals surface area contributed by atoms with Gasteiger partial charge in [0, 0.05) is 12.6 Å². The molecule has 1 aromatic rings. The van der Waals surface area contributed by atoms with Crippen LogP contribution in [0.3, 0.4) is 0 Å². The first-order valence-electron chi connectivity index (χ1n) is 7.41. The Kier molecular flexibility index (Phi) is 6.39. The van der Waals surface area contributed by atoms with E-state index in [4.69, 9.17) is 15.1 Å². The molecule has 0 aliphatic heterocycles. The molecule has 0 heterocycles. The summed E-state index contributed by atoms with van der Waals surface area (Å²) >= 11 is 0. The Morgan fingerprint density at radius 3 is 2.41 bits per heavy atom. The summed E-state index contributed by atoms with van der Waals surface area (Å²) in [6.07, 6.45) is 0.510. The van der Waals surface area contributed by atoms with Gasteiger partial charge in [-0.3, -0.25) is 4.79 Å². The lowest BCUT2D eigenvalue weighted by Crippen LogP contribution is -2.51. The van der Waals surface area contributed by atoms with Crippen LogP contribution >= 0.6 is 0 Å². The second-order valence-corrected chi connectivity index (χ2v) is 6.08. The second kappa shape index (κ2) is 7.81. The lowest BCUT2D eigenvalue weighted by Gasteiger charge is -2.29. The van der Waals surface area contributed by atoms with Gasteiger partial charge in [-0.25, -0.2) is 0 Å². The van der Waals surface area contributed by atoms with Gasteiger partial charge in [0.05, 0.1) is 11.6 Å². The van der Waals surface area contributed by atoms with E-state index in [1.54, 1.807) is 38.1 Å². The molecular weight excluding hydrogens is 280 g/mol. The van der Waals surface area contributed by atoms with Crippen LogP contribution in [0.4, 0.5) is 0 Å². The number of rotatable bonds is 7. The van der Waals surface area contributed by atoms with E-state index in [0.29, 0.717) is 17.7 Å². The minimum Gasteiger partial charge on any atom is -0.478 e. The first-order chi connectivity index (χ1) is 10.3. The fraction of sp³-hybridized carbons (Fsp3) is 0.529. The average Bonchev–Trinajstić information content (AvgIpc) is 2.47. The minimum absolute atomic E-state index is 0.0278. The highest BCUT2D eigenvalue weighted by Gasteiger charge is 2.32. The van der Waals surface area contributed by atoms with Crippen molar-refractivity contribution < 1.29 is 14.6 Å².